The van der Waals surface area contributed by atoms with E-state index in [0.717, 1.165) is 0 Å². The Hall–Kier alpha value is -1.74. The molecule has 0 aliphatic heterocycles. The molecule has 1 heterocycles. The lowest BCUT2D eigenvalue weighted by Gasteiger charge is -1.68. The highest BCUT2D eigenvalue weighted by Gasteiger charge is 1.85. The second-order valence-electron chi connectivity index (χ2n) is 1.82. The van der Waals surface area contributed by atoms with Gasteiger partial charge in [0.1, 0.15) is 0 Å². The summed E-state index contributed by atoms with van der Waals surface area (Å²) in [5, 5.41) is 0.000000000000000222. The summed E-state index contributed by atoms with van der Waals surface area (Å²) in [4.78, 5) is 24.1. The molecule has 0 bridgehead atoms. The number of carbonyl (C=O) groups excluding carboxylic acids is 1. The van der Waals surface area contributed by atoms with Gasteiger partial charge in [-0.3, -0.25) is 9.26 Å². The molecule has 0 saturated carbocycles. The van der Waals surface area contributed by atoms with Crippen molar-refractivity contribution in [2.24, 2.45) is 11.5 Å². The van der Waals surface area contributed by atoms with Crippen molar-refractivity contribution in [2.45, 2.75) is 0 Å². The molecule has 7 nitrogen and oxygen atoms in total. The predicted molar refractivity (Wildman–Crippen MR) is 55.9 cm³/mol. The molecule has 1 aromatic heterocycles. The Labute approximate surface area is 92.2 Å². The fourth-order valence-corrected chi connectivity index (χ4v) is 0.358. The maximum absolute atomic E-state index is 9.77. The van der Waals surface area contributed by atoms with E-state index in [4.69, 9.17) is 14.1 Å². The normalized spacial score (nSPS) is 7.20. The number of aldehydes is 1. The summed E-state index contributed by atoms with van der Waals surface area (Å²) in [6, 6.07) is 3.27. The van der Waals surface area contributed by atoms with Crippen LogP contribution in [0.2, 0.25) is 0 Å². The Morgan fingerprint density at radius 1 is 1.53 bits per heavy atom. The lowest BCUT2D eigenvalue weighted by molar-refractivity contribution is 0.110. The van der Waals surface area contributed by atoms with Gasteiger partial charge in [-0.1, -0.05) is 0 Å². The molecule has 0 spiro atoms. The van der Waals surface area contributed by atoms with Crippen molar-refractivity contribution >= 4 is 32.8 Å². The zero-order valence-corrected chi connectivity index (χ0v) is 9.31. The molecule has 0 saturated heterocycles. The van der Waals surface area contributed by atoms with E-state index in [1.807, 2.05) is 0 Å². The summed E-state index contributed by atoms with van der Waals surface area (Å²) in [5.74, 6) is 0.375. The van der Waals surface area contributed by atoms with E-state index >= 15 is 0 Å². The van der Waals surface area contributed by atoms with E-state index < -0.39 is 9.17 Å². The molecule has 1 rings (SSSR count). The molecule has 0 unspecified atom stereocenters. The van der Waals surface area contributed by atoms with Gasteiger partial charge in [-0.2, -0.15) is 0 Å². The first-order chi connectivity index (χ1) is 6.90. The number of hydrogen-bond donors (Lipinski definition) is 4. The second-order valence-corrected chi connectivity index (χ2v) is 2.85. The molecule has 9 heteroatoms. The van der Waals surface area contributed by atoms with E-state index in [0.29, 0.717) is 12.0 Å². The molecule has 0 atom stereocenters. The zero-order valence-electron chi connectivity index (χ0n) is 7.49. The average Bonchev–Trinajstić information content (AvgIpc) is 2.52. The summed E-state index contributed by atoms with van der Waals surface area (Å²) in [7, 11) is -3.13. The fourth-order valence-electron chi connectivity index (χ4n) is 0.358. The van der Waals surface area contributed by atoms with Crippen LogP contribution in [0.5, 0.6) is 0 Å². The van der Waals surface area contributed by atoms with E-state index in [2.05, 4.69) is 28.1 Å². The SMILES string of the molecule is NC(N)=S.O=Cc1ccco1.O=[Si](O)O. The highest BCUT2D eigenvalue weighted by Crippen LogP contribution is 1.92. The van der Waals surface area contributed by atoms with Crippen LogP contribution in [0, 0.1) is 0 Å². The van der Waals surface area contributed by atoms with Gasteiger partial charge in [0.05, 0.1) is 6.26 Å². The molecule has 0 fully saturated rings. The van der Waals surface area contributed by atoms with Crippen molar-refractivity contribution in [2.75, 3.05) is 0 Å². The molecular weight excluding hydrogens is 240 g/mol. The summed E-state index contributed by atoms with van der Waals surface area (Å²) in [5.41, 5.74) is 9.24. The molecule has 0 aliphatic carbocycles. The van der Waals surface area contributed by atoms with Gasteiger partial charge in [-0.05, 0) is 24.4 Å². The van der Waals surface area contributed by atoms with Crippen LogP contribution in [0.1, 0.15) is 10.6 Å². The Morgan fingerprint density at radius 3 is 2.07 bits per heavy atom. The van der Waals surface area contributed by atoms with Crippen molar-refractivity contribution in [3.05, 3.63) is 24.2 Å². The quantitative estimate of drug-likeness (QED) is 0.273. The van der Waals surface area contributed by atoms with E-state index in [1.54, 1.807) is 12.1 Å². The largest absolute Gasteiger partial charge is 0.761 e. The van der Waals surface area contributed by atoms with E-state index in [1.165, 1.54) is 6.26 Å². The molecule has 1 aromatic rings. The Morgan fingerprint density at radius 2 is 1.93 bits per heavy atom. The van der Waals surface area contributed by atoms with Gasteiger partial charge in [0.15, 0.2) is 17.2 Å². The number of nitrogens with two attached hydrogens (primary N) is 2. The van der Waals surface area contributed by atoms with Gasteiger partial charge in [-0.15, -0.1) is 0 Å². The highest BCUT2D eigenvalue weighted by molar-refractivity contribution is 7.80. The Balaban J connectivity index is 0. The van der Waals surface area contributed by atoms with Gasteiger partial charge in [0, 0.05) is 0 Å². The minimum Gasteiger partial charge on any atom is -0.511 e. The molecule has 6 N–H and O–H groups in total. The monoisotopic (exact) mass is 250 g/mol. The van der Waals surface area contributed by atoms with Crippen LogP contribution < -0.4 is 11.5 Å². The first kappa shape index (κ1) is 15.7. The third-order valence-corrected chi connectivity index (χ3v) is 0.659. The van der Waals surface area contributed by atoms with Crippen molar-refractivity contribution in [3.8, 4) is 0 Å². The molecule has 15 heavy (non-hydrogen) atoms. The smallest absolute Gasteiger partial charge is 0.511 e. The lowest BCUT2D eigenvalue weighted by Crippen LogP contribution is -2.18. The van der Waals surface area contributed by atoms with Crippen LogP contribution in [0.4, 0.5) is 0 Å². The lowest BCUT2D eigenvalue weighted by atomic mass is 10.5. The predicted octanol–water partition coefficient (Wildman–Crippen LogP) is -1.33. The first-order valence-corrected chi connectivity index (χ1v) is 5.06. The number of carbonyl (C=O) groups is 1. The summed E-state index contributed by atoms with van der Waals surface area (Å²) in [6.45, 7) is 0. The second kappa shape index (κ2) is 10.3. The van der Waals surface area contributed by atoms with Crippen LogP contribution in [0.3, 0.4) is 0 Å². The molecule has 0 radical (unpaired) electrons. The zero-order chi connectivity index (χ0) is 12.3. The Kier molecular flexibility index (Phi) is 10.8. The highest BCUT2D eigenvalue weighted by atomic mass is 32.1. The fraction of sp³-hybridized carbons (Fsp3) is 0. The average molecular weight is 250 g/mol. The third kappa shape index (κ3) is 24.5. The molecule has 0 amide bonds. The third-order valence-electron chi connectivity index (χ3n) is 0.659. The Bertz CT molecular complexity index is 282. The van der Waals surface area contributed by atoms with Gasteiger partial charge in [0.2, 0.25) is 0 Å². The minimum absolute atomic E-state index is 0.000000000000000222. The van der Waals surface area contributed by atoms with Crippen LogP contribution >= 0.6 is 12.2 Å². The van der Waals surface area contributed by atoms with Gasteiger partial charge in [0.25, 0.3) is 0 Å². The van der Waals surface area contributed by atoms with Crippen LogP contribution in [0.25, 0.3) is 0 Å². The first-order valence-electron chi connectivity index (χ1n) is 3.35. The standard InChI is InChI=1S/C5H4O2.CH4N2S.H2O3Si/c6-4-5-2-1-3-7-5;2-1(3)4;1-4(2)3/h1-4H;(H4,2,3,4);1-2H. The van der Waals surface area contributed by atoms with E-state index in [9.17, 15) is 4.79 Å². The van der Waals surface area contributed by atoms with Crippen molar-refractivity contribution in [1.82, 2.24) is 0 Å². The number of furan rings is 1. The van der Waals surface area contributed by atoms with Crippen LogP contribution in [-0.2, 0) is 4.46 Å². The van der Waals surface area contributed by atoms with Crippen LogP contribution in [0.15, 0.2) is 22.8 Å². The molecule has 0 aromatic carbocycles. The minimum atomic E-state index is -3.13. The van der Waals surface area contributed by atoms with Crippen molar-refractivity contribution < 1.29 is 23.3 Å². The van der Waals surface area contributed by atoms with Gasteiger partial charge < -0.3 is 25.5 Å². The maximum atomic E-state index is 9.77. The van der Waals surface area contributed by atoms with Gasteiger partial charge >= 0.3 is 9.17 Å². The van der Waals surface area contributed by atoms with Crippen molar-refractivity contribution in [1.29, 1.82) is 0 Å². The van der Waals surface area contributed by atoms with Crippen molar-refractivity contribution in [3.63, 3.8) is 0 Å². The van der Waals surface area contributed by atoms with Crippen LogP contribution in [-0.4, -0.2) is 30.2 Å². The van der Waals surface area contributed by atoms with E-state index in [-0.39, 0.29) is 5.11 Å². The molecular formula is C6H10N2O5SSi. The number of thiocarbonyl (C=S) groups is 1. The molecule has 0 aliphatic rings. The van der Waals surface area contributed by atoms with Gasteiger partial charge in [-0.25, -0.2) is 0 Å². The summed E-state index contributed by atoms with van der Waals surface area (Å²) < 4.78 is 13.4. The summed E-state index contributed by atoms with van der Waals surface area (Å²) in [6.07, 6.45) is 2.13. The summed E-state index contributed by atoms with van der Waals surface area (Å²) >= 11 is 4.09. The maximum Gasteiger partial charge on any atom is 0.761 e. The molecule has 84 valence electrons. The number of hydrogen-bond acceptors (Lipinski definition) is 4. The number of rotatable bonds is 1. The topological polar surface area (TPSA) is 140 Å².